The highest BCUT2D eigenvalue weighted by molar-refractivity contribution is 6.33. The maximum Gasteiger partial charge on any atom is 0.416 e. The predicted octanol–water partition coefficient (Wildman–Crippen LogP) is 5.72. The predicted molar refractivity (Wildman–Crippen MR) is 114 cm³/mol. The van der Waals surface area contributed by atoms with Gasteiger partial charge in [0.25, 0.3) is 0 Å². The summed E-state index contributed by atoms with van der Waals surface area (Å²) in [4.78, 5) is 30.5. The highest BCUT2D eigenvalue weighted by Crippen LogP contribution is 2.38. The molecule has 0 bridgehead atoms. The Labute approximate surface area is 189 Å². The van der Waals surface area contributed by atoms with E-state index >= 15 is 0 Å². The van der Waals surface area contributed by atoms with Crippen LogP contribution in [0.1, 0.15) is 22.8 Å². The van der Waals surface area contributed by atoms with Gasteiger partial charge in [-0.3, -0.25) is 10.1 Å². The van der Waals surface area contributed by atoms with Crippen LogP contribution in [0.5, 0.6) is 0 Å². The lowest BCUT2D eigenvalue weighted by Gasteiger charge is -2.13. The number of carbonyl (C=O) groups excluding carboxylic acids is 1. The Balaban J connectivity index is 1.97. The third kappa shape index (κ3) is 5.66. The fraction of sp³-hybridized carbons (Fsp3) is 0.150. The van der Waals surface area contributed by atoms with Gasteiger partial charge in [-0.05, 0) is 43.3 Å². The first-order chi connectivity index (χ1) is 15.6. The van der Waals surface area contributed by atoms with E-state index in [2.05, 4.69) is 20.6 Å². The first-order valence-electron chi connectivity index (χ1n) is 9.27. The van der Waals surface area contributed by atoms with Crippen LogP contribution in [0.4, 0.5) is 41.9 Å². The molecule has 172 valence electrons. The highest BCUT2D eigenvalue weighted by atomic mass is 35.5. The second kappa shape index (κ2) is 9.69. The number of nitro groups is 1. The molecule has 33 heavy (non-hydrogen) atoms. The molecular weight excluding hydrogens is 467 g/mol. The molecule has 9 nitrogen and oxygen atoms in total. The number of nitrogens with one attached hydrogen (secondary N) is 2. The zero-order chi connectivity index (χ0) is 24.2. The van der Waals surface area contributed by atoms with Crippen LogP contribution in [-0.2, 0) is 10.9 Å². The second-order valence-corrected chi connectivity index (χ2v) is 6.83. The van der Waals surface area contributed by atoms with Crippen molar-refractivity contribution in [2.24, 2.45) is 0 Å². The molecule has 3 aromatic rings. The average Bonchev–Trinajstić information content (AvgIpc) is 2.75. The molecule has 1 heterocycles. The van der Waals surface area contributed by atoms with Crippen molar-refractivity contribution in [1.29, 1.82) is 0 Å². The first-order valence-corrected chi connectivity index (χ1v) is 9.65. The Morgan fingerprint density at radius 3 is 2.48 bits per heavy atom. The van der Waals surface area contributed by atoms with Gasteiger partial charge in [-0.25, -0.2) is 14.8 Å². The molecule has 13 heteroatoms. The van der Waals surface area contributed by atoms with Crippen LogP contribution in [0.2, 0.25) is 5.02 Å². The van der Waals surface area contributed by atoms with Crippen LogP contribution >= 0.6 is 11.6 Å². The first kappa shape index (κ1) is 23.7. The molecule has 0 radical (unpaired) electrons. The van der Waals surface area contributed by atoms with Crippen molar-refractivity contribution in [2.45, 2.75) is 13.1 Å². The molecule has 0 fully saturated rings. The summed E-state index contributed by atoms with van der Waals surface area (Å²) in [5.41, 5.74) is -1.39. The zero-order valence-corrected chi connectivity index (χ0v) is 17.6. The van der Waals surface area contributed by atoms with Gasteiger partial charge in [0.2, 0.25) is 11.6 Å². The van der Waals surface area contributed by atoms with E-state index < -0.39 is 28.3 Å². The molecule has 2 N–H and O–H groups in total. The standard InChI is InChI=1S/C20H15ClF3N5O4/c1-2-33-19(30)11-4-3-5-13(8-11)27-17-16(29(31)32)18(26-10-25-17)28-15-9-12(20(22,23)24)6-7-14(15)21/h3-10H,2H2,1H3,(H2,25,26,27,28). The van der Waals surface area contributed by atoms with Gasteiger partial charge in [-0.2, -0.15) is 13.2 Å². The molecule has 1 aromatic heterocycles. The van der Waals surface area contributed by atoms with E-state index in [1.54, 1.807) is 6.92 Å². The summed E-state index contributed by atoms with van der Waals surface area (Å²) < 4.78 is 44.0. The summed E-state index contributed by atoms with van der Waals surface area (Å²) in [6.45, 7) is 1.82. The number of nitrogens with zero attached hydrogens (tertiary/aromatic N) is 3. The van der Waals surface area contributed by atoms with Crippen LogP contribution in [0.15, 0.2) is 48.8 Å². The van der Waals surface area contributed by atoms with Gasteiger partial charge in [0.05, 0.1) is 33.4 Å². The maximum atomic E-state index is 13.0. The van der Waals surface area contributed by atoms with Gasteiger partial charge in [-0.1, -0.05) is 17.7 Å². The Morgan fingerprint density at radius 1 is 1.15 bits per heavy atom. The van der Waals surface area contributed by atoms with Crippen LogP contribution in [0.25, 0.3) is 0 Å². The molecular formula is C20H15ClF3N5O4. The van der Waals surface area contributed by atoms with E-state index in [1.807, 2.05) is 0 Å². The summed E-state index contributed by atoms with van der Waals surface area (Å²) in [6.07, 6.45) is -3.66. The van der Waals surface area contributed by atoms with E-state index in [-0.39, 0.29) is 40.2 Å². The van der Waals surface area contributed by atoms with Crippen molar-refractivity contribution in [3.8, 4) is 0 Å². The molecule has 0 aliphatic rings. The van der Waals surface area contributed by atoms with E-state index in [1.165, 1.54) is 24.3 Å². The van der Waals surface area contributed by atoms with Crippen molar-refractivity contribution in [1.82, 2.24) is 9.97 Å². The lowest BCUT2D eigenvalue weighted by Crippen LogP contribution is -2.08. The van der Waals surface area contributed by atoms with Crippen molar-refractivity contribution in [2.75, 3.05) is 17.2 Å². The largest absolute Gasteiger partial charge is 0.462 e. The van der Waals surface area contributed by atoms with Crippen molar-refractivity contribution >= 4 is 46.3 Å². The fourth-order valence-corrected chi connectivity index (χ4v) is 2.90. The summed E-state index contributed by atoms with van der Waals surface area (Å²) in [7, 11) is 0. The van der Waals surface area contributed by atoms with Crippen LogP contribution in [-0.4, -0.2) is 27.5 Å². The second-order valence-electron chi connectivity index (χ2n) is 6.42. The zero-order valence-electron chi connectivity index (χ0n) is 16.8. The quantitative estimate of drug-likeness (QED) is 0.250. The minimum absolute atomic E-state index is 0.104. The Hall–Kier alpha value is -3.93. The fourth-order valence-electron chi connectivity index (χ4n) is 2.73. The summed E-state index contributed by atoms with van der Waals surface area (Å²) in [5, 5.41) is 16.8. The molecule has 2 aromatic carbocycles. The number of aromatic nitrogens is 2. The average molecular weight is 482 g/mol. The topological polar surface area (TPSA) is 119 Å². The maximum absolute atomic E-state index is 13.0. The molecule has 0 saturated carbocycles. The number of hydrogen-bond acceptors (Lipinski definition) is 8. The summed E-state index contributed by atoms with van der Waals surface area (Å²) in [5.74, 6) is -1.23. The molecule has 0 atom stereocenters. The van der Waals surface area contributed by atoms with E-state index in [4.69, 9.17) is 16.3 Å². The van der Waals surface area contributed by atoms with Gasteiger partial charge in [0, 0.05) is 5.69 Å². The lowest BCUT2D eigenvalue weighted by molar-refractivity contribution is -0.383. The molecule has 0 amide bonds. The van der Waals surface area contributed by atoms with Gasteiger partial charge in [0.15, 0.2) is 0 Å². The van der Waals surface area contributed by atoms with E-state index in [9.17, 15) is 28.1 Å². The van der Waals surface area contributed by atoms with Gasteiger partial charge < -0.3 is 15.4 Å². The van der Waals surface area contributed by atoms with E-state index in [0.29, 0.717) is 6.07 Å². The number of ether oxygens (including phenoxy) is 1. The van der Waals surface area contributed by atoms with Crippen LogP contribution in [0.3, 0.4) is 0 Å². The smallest absolute Gasteiger partial charge is 0.416 e. The van der Waals surface area contributed by atoms with Crippen LogP contribution < -0.4 is 10.6 Å². The number of anilines is 4. The number of hydrogen-bond donors (Lipinski definition) is 2. The van der Waals surface area contributed by atoms with Crippen LogP contribution in [0, 0.1) is 10.1 Å². The number of alkyl halides is 3. The van der Waals surface area contributed by atoms with Crippen molar-refractivity contribution in [3.63, 3.8) is 0 Å². The number of rotatable bonds is 7. The van der Waals surface area contributed by atoms with E-state index in [0.717, 1.165) is 18.5 Å². The number of halogens is 4. The molecule has 0 aliphatic heterocycles. The SMILES string of the molecule is CCOC(=O)c1cccc(Nc2ncnc(Nc3cc(C(F)(F)F)ccc3Cl)c2[N+](=O)[O-])c1. The monoisotopic (exact) mass is 481 g/mol. The Kier molecular flexibility index (Phi) is 6.97. The number of carbonyl (C=O) groups is 1. The minimum atomic E-state index is -4.64. The van der Waals surface area contributed by atoms with Gasteiger partial charge >= 0.3 is 17.8 Å². The minimum Gasteiger partial charge on any atom is -0.462 e. The van der Waals surface area contributed by atoms with Crippen molar-refractivity contribution in [3.05, 3.63) is 75.1 Å². The normalized spacial score (nSPS) is 11.1. The lowest BCUT2D eigenvalue weighted by atomic mass is 10.2. The van der Waals surface area contributed by atoms with Gasteiger partial charge in [-0.15, -0.1) is 0 Å². The van der Waals surface area contributed by atoms with Gasteiger partial charge in [0.1, 0.15) is 6.33 Å². The molecule has 0 aliphatic carbocycles. The van der Waals surface area contributed by atoms with Crippen molar-refractivity contribution < 1.29 is 27.6 Å². The number of esters is 1. The highest BCUT2D eigenvalue weighted by Gasteiger charge is 2.31. The summed E-state index contributed by atoms with van der Waals surface area (Å²) >= 11 is 5.97. The Bertz CT molecular complexity index is 1210. The number of benzene rings is 2. The summed E-state index contributed by atoms with van der Waals surface area (Å²) in [6, 6.07) is 8.48. The third-order valence-electron chi connectivity index (χ3n) is 4.19. The molecule has 3 rings (SSSR count). The third-order valence-corrected chi connectivity index (χ3v) is 4.52. The molecule has 0 spiro atoms. The Morgan fingerprint density at radius 2 is 1.85 bits per heavy atom. The molecule has 0 saturated heterocycles. The molecule has 0 unspecified atom stereocenters.